The van der Waals surface area contributed by atoms with E-state index in [4.69, 9.17) is 23.2 Å². The molecule has 1 aromatic carbocycles. The lowest BCUT2D eigenvalue weighted by Crippen LogP contribution is -2.40. The predicted octanol–water partition coefficient (Wildman–Crippen LogP) is 2.99. The zero-order valence-electron chi connectivity index (χ0n) is 10.2. The van der Waals surface area contributed by atoms with Gasteiger partial charge in [-0.2, -0.15) is 0 Å². The van der Waals surface area contributed by atoms with E-state index in [1.165, 1.54) is 0 Å². The van der Waals surface area contributed by atoms with E-state index >= 15 is 0 Å². The smallest absolute Gasteiger partial charge is 0.226 e. The molecule has 102 valence electrons. The normalized spacial score (nSPS) is 18.8. The van der Waals surface area contributed by atoms with Crippen LogP contribution in [0.4, 0.5) is 5.69 Å². The highest BCUT2D eigenvalue weighted by Gasteiger charge is 2.20. The second-order valence-electron chi connectivity index (χ2n) is 4.54. The molecule has 0 spiro atoms. The molecule has 1 unspecified atom stereocenters. The zero-order valence-corrected chi connectivity index (χ0v) is 11.7. The van der Waals surface area contributed by atoms with Gasteiger partial charge in [0.05, 0.1) is 10.0 Å². The molecular weight excluding hydrogens is 287 g/mol. The van der Waals surface area contributed by atoms with Crippen LogP contribution in [0.1, 0.15) is 25.7 Å². The lowest BCUT2D eigenvalue weighted by molar-refractivity contribution is -0.124. The highest BCUT2D eigenvalue weighted by Crippen LogP contribution is 2.25. The van der Waals surface area contributed by atoms with Crippen LogP contribution < -0.4 is 10.6 Å². The minimum absolute atomic E-state index is 0.0126. The van der Waals surface area contributed by atoms with Gasteiger partial charge < -0.3 is 10.6 Å². The molecular formula is C13H14Cl2N2O2. The summed E-state index contributed by atoms with van der Waals surface area (Å²) in [5.41, 5.74) is 0.599. The Hall–Kier alpha value is -1.26. The standard InChI is InChI=1S/C13H14Cl2N2O2/c14-10-5-4-9(6-11(10)15)17-13(19)7-8-2-1-3-12(18)16-8/h4-6,8H,1-3,7H2,(H,16,18)(H,17,19). The Morgan fingerprint density at radius 1 is 1.37 bits per heavy atom. The van der Waals surface area contributed by atoms with Crippen LogP contribution in [0.15, 0.2) is 18.2 Å². The van der Waals surface area contributed by atoms with Gasteiger partial charge in [0.1, 0.15) is 0 Å². The molecule has 0 radical (unpaired) electrons. The number of rotatable bonds is 3. The number of hydrogen-bond acceptors (Lipinski definition) is 2. The van der Waals surface area contributed by atoms with Crippen LogP contribution in [-0.2, 0) is 9.59 Å². The van der Waals surface area contributed by atoms with Crippen molar-refractivity contribution in [3.63, 3.8) is 0 Å². The summed E-state index contributed by atoms with van der Waals surface area (Å²) in [6.07, 6.45) is 2.48. The SMILES string of the molecule is O=C(CC1CCCC(=O)N1)Nc1ccc(Cl)c(Cl)c1. The number of anilines is 1. The van der Waals surface area contributed by atoms with E-state index in [-0.39, 0.29) is 24.3 Å². The minimum Gasteiger partial charge on any atom is -0.353 e. The van der Waals surface area contributed by atoms with Gasteiger partial charge in [-0.15, -0.1) is 0 Å². The molecule has 2 amide bonds. The topological polar surface area (TPSA) is 58.2 Å². The van der Waals surface area contributed by atoms with Crippen LogP contribution in [0.2, 0.25) is 10.0 Å². The molecule has 0 aromatic heterocycles. The number of carbonyl (C=O) groups is 2. The Labute approximate surface area is 121 Å². The van der Waals surface area contributed by atoms with Crippen molar-refractivity contribution >= 4 is 40.7 Å². The quantitative estimate of drug-likeness (QED) is 0.901. The van der Waals surface area contributed by atoms with Gasteiger partial charge in [0.25, 0.3) is 0 Å². The summed E-state index contributed by atoms with van der Waals surface area (Å²) in [4.78, 5) is 23.1. The van der Waals surface area contributed by atoms with Crippen LogP contribution in [0, 0.1) is 0 Å². The summed E-state index contributed by atoms with van der Waals surface area (Å²) in [6.45, 7) is 0. The second-order valence-corrected chi connectivity index (χ2v) is 5.35. The van der Waals surface area contributed by atoms with E-state index in [1.54, 1.807) is 18.2 Å². The first-order valence-electron chi connectivity index (χ1n) is 6.09. The first-order valence-corrected chi connectivity index (χ1v) is 6.84. The summed E-state index contributed by atoms with van der Waals surface area (Å²) in [6, 6.07) is 4.83. The lowest BCUT2D eigenvalue weighted by Gasteiger charge is -2.22. The molecule has 4 nitrogen and oxygen atoms in total. The molecule has 1 aliphatic rings. The largest absolute Gasteiger partial charge is 0.353 e. The van der Waals surface area contributed by atoms with Crippen molar-refractivity contribution in [1.82, 2.24) is 5.32 Å². The Balaban J connectivity index is 1.90. The first kappa shape index (κ1) is 14.2. The number of amides is 2. The highest BCUT2D eigenvalue weighted by molar-refractivity contribution is 6.42. The van der Waals surface area contributed by atoms with Gasteiger partial charge in [0.2, 0.25) is 11.8 Å². The van der Waals surface area contributed by atoms with Gasteiger partial charge in [-0.05, 0) is 31.0 Å². The second kappa shape index (κ2) is 6.26. The summed E-state index contributed by atoms with van der Waals surface area (Å²) >= 11 is 11.7. The molecule has 1 aliphatic heterocycles. The third-order valence-corrected chi connectivity index (χ3v) is 3.70. The third-order valence-electron chi connectivity index (χ3n) is 2.96. The molecule has 2 rings (SSSR count). The van der Waals surface area contributed by atoms with Crippen molar-refractivity contribution in [1.29, 1.82) is 0 Å². The molecule has 0 saturated carbocycles. The van der Waals surface area contributed by atoms with Crippen molar-refractivity contribution < 1.29 is 9.59 Å². The fourth-order valence-corrected chi connectivity index (χ4v) is 2.34. The molecule has 2 N–H and O–H groups in total. The molecule has 1 fully saturated rings. The number of nitrogens with one attached hydrogen (secondary N) is 2. The number of hydrogen-bond donors (Lipinski definition) is 2. The maximum absolute atomic E-state index is 11.8. The van der Waals surface area contributed by atoms with Crippen molar-refractivity contribution in [2.24, 2.45) is 0 Å². The fraction of sp³-hybridized carbons (Fsp3) is 0.385. The number of benzene rings is 1. The summed E-state index contributed by atoms with van der Waals surface area (Å²) < 4.78 is 0. The van der Waals surface area contributed by atoms with Gasteiger partial charge in [0.15, 0.2) is 0 Å². The number of halogens is 2. The van der Waals surface area contributed by atoms with Crippen LogP contribution in [0.25, 0.3) is 0 Å². The van der Waals surface area contributed by atoms with Gasteiger partial charge in [0, 0.05) is 24.6 Å². The van der Waals surface area contributed by atoms with E-state index in [1.807, 2.05) is 0 Å². The van der Waals surface area contributed by atoms with Crippen LogP contribution in [0.5, 0.6) is 0 Å². The van der Waals surface area contributed by atoms with E-state index in [0.717, 1.165) is 12.8 Å². The molecule has 19 heavy (non-hydrogen) atoms. The number of carbonyl (C=O) groups excluding carboxylic acids is 2. The zero-order chi connectivity index (χ0) is 13.8. The molecule has 0 aliphatic carbocycles. The molecule has 6 heteroatoms. The van der Waals surface area contributed by atoms with Crippen molar-refractivity contribution in [2.45, 2.75) is 31.7 Å². The van der Waals surface area contributed by atoms with Crippen LogP contribution >= 0.6 is 23.2 Å². The average Bonchev–Trinajstić information content (AvgIpc) is 2.34. The van der Waals surface area contributed by atoms with E-state index in [0.29, 0.717) is 22.2 Å². The Morgan fingerprint density at radius 2 is 2.16 bits per heavy atom. The Kier molecular flexibility index (Phi) is 4.66. The predicted molar refractivity (Wildman–Crippen MR) is 75.5 cm³/mol. The van der Waals surface area contributed by atoms with E-state index < -0.39 is 0 Å². The van der Waals surface area contributed by atoms with Crippen molar-refractivity contribution in [3.8, 4) is 0 Å². The average molecular weight is 301 g/mol. The molecule has 1 aromatic rings. The Morgan fingerprint density at radius 3 is 2.84 bits per heavy atom. The molecule has 1 saturated heterocycles. The fourth-order valence-electron chi connectivity index (χ4n) is 2.04. The van der Waals surface area contributed by atoms with E-state index in [2.05, 4.69) is 10.6 Å². The molecule has 1 heterocycles. The van der Waals surface area contributed by atoms with Gasteiger partial charge in [-0.25, -0.2) is 0 Å². The monoisotopic (exact) mass is 300 g/mol. The van der Waals surface area contributed by atoms with Gasteiger partial charge in [-0.3, -0.25) is 9.59 Å². The lowest BCUT2D eigenvalue weighted by atomic mass is 10.0. The van der Waals surface area contributed by atoms with Crippen LogP contribution in [-0.4, -0.2) is 17.9 Å². The van der Waals surface area contributed by atoms with Gasteiger partial charge in [-0.1, -0.05) is 23.2 Å². The maximum atomic E-state index is 11.8. The maximum Gasteiger partial charge on any atom is 0.226 e. The first-order chi connectivity index (χ1) is 9.04. The van der Waals surface area contributed by atoms with Gasteiger partial charge >= 0.3 is 0 Å². The molecule has 1 atom stereocenters. The third kappa shape index (κ3) is 4.11. The summed E-state index contributed by atoms with van der Waals surface area (Å²) in [5.74, 6) is -0.135. The highest BCUT2D eigenvalue weighted by atomic mass is 35.5. The van der Waals surface area contributed by atoms with Crippen molar-refractivity contribution in [2.75, 3.05) is 5.32 Å². The summed E-state index contributed by atoms with van der Waals surface area (Å²) in [7, 11) is 0. The number of piperidine rings is 1. The summed E-state index contributed by atoms with van der Waals surface area (Å²) in [5, 5.41) is 6.38. The molecule has 0 bridgehead atoms. The Bertz CT molecular complexity index is 505. The van der Waals surface area contributed by atoms with E-state index in [9.17, 15) is 9.59 Å². The van der Waals surface area contributed by atoms with Crippen LogP contribution in [0.3, 0.4) is 0 Å². The minimum atomic E-state index is -0.148. The van der Waals surface area contributed by atoms with Crippen molar-refractivity contribution in [3.05, 3.63) is 28.2 Å².